The zero-order valence-corrected chi connectivity index (χ0v) is 17.2. The number of aromatic nitrogens is 1. The van der Waals surface area contributed by atoms with Crippen LogP contribution >= 0.6 is 11.8 Å². The Balaban J connectivity index is 1.40. The number of amides is 1. The Bertz CT molecular complexity index is 1060. The van der Waals surface area contributed by atoms with E-state index < -0.39 is 0 Å². The van der Waals surface area contributed by atoms with Gasteiger partial charge in [0.15, 0.2) is 0 Å². The highest BCUT2D eigenvalue weighted by Gasteiger charge is 2.16. The van der Waals surface area contributed by atoms with E-state index in [4.69, 9.17) is 0 Å². The predicted molar refractivity (Wildman–Crippen MR) is 118 cm³/mol. The molecular formula is C22H24N4O2S. The summed E-state index contributed by atoms with van der Waals surface area (Å²) in [6.07, 6.45) is 0. The molecule has 6 nitrogen and oxygen atoms in total. The normalized spacial score (nSPS) is 15.5. The molecule has 1 fully saturated rings. The molecule has 2 heterocycles. The number of pyridine rings is 1. The van der Waals surface area contributed by atoms with Gasteiger partial charge in [0.05, 0.1) is 6.54 Å². The summed E-state index contributed by atoms with van der Waals surface area (Å²) < 4.78 is 0. The van der Waals surface area contributed by atoms with Crippen LogP contribution < -0.4 is 10.9 Å². The summed E-state index contributed by atoms with van der Waals surface area (Å²) in [4.78, 5) is 33.5. The topological polar surface area (TPSA) is 68.4 Å². The second-order valence-electron chi connectivity index (χ2n) is 7.30. The highest BCUT2D eigenvalue weighted by atomic mass is 32.2. The lowest BCUT2D eigenvalue weighted by Crippen LogP contribution is -2.47. The van der Waals surface area contributed by atoms with Crippen LogP contribution in [0.25, 0.3) is 10.9 Å². The van der Waals surface area contributed by atoms with E-state index in [1.807, 2.05) is 48.5 Å². The number of H-pyrrole nitrogens is 1. The van der Waals surface area contributed by atoms with E-state index in [0.29, 0.717) is 6.54 Å². The van der Waals surface area contributed by atoms with E-state index in [0.717, 1.165) is 52.6 Å². The molecule has 0 spiro atoms. The number of para-hydroxylation sites is 1. The zero-order chi connectivity index (χ0) is 20.2. The third-order valence-corrected chi connectivity index (χ3v) is 6.11. The standard InChI is InChI=1S/C22H24N4O2S/c1-25-10-12-26(13-11-25)15-22(28)23-16-6-8-17(9-7-16)29-20-14-21(27)24-19-5-3-2-4-18(19)20/h2-9,14H,10-13,15H2,1H3,(H,23,28)(H,24,27). The second kappa shape index (κ2) is 8.82. The second-order valence-corrected chi connectivity index (χ2v) is 8.41. The Kier molecular flexibility index (Phi) is 5.99. The van der Waals surface area contributed by atoms with Crippen molar-refractivity contribution in [2.75, 3.05) is 45.1 Å². The Labute approximate surface area is 173 Å². The van der Waals surface area contributed by atoms with Crippen LogP contribution in [-0.4, -0.2) is 60.5 Å². The van der Waals surface area contributed by atoms with Crippen LogP contribution in [-0.2, 0) is 4.79 Å². The smallest absolute Gasteiger partial charge is 0.249 e. The van der Waals surface area contributed by atoms with E-state index in [2.05, 4.69) is 27.1 Å². The first-order chi connectivity index (χ1) is 14.1. The minimum atomic E-state index is -0.112. The minimum absolute atomic E-state index is 0.00976. The Hall–Kier alpha value is -2.61. The number of aromatic amines is 1. The third-order valence-electron chi connectivity index (χ3n) is 5.04. The lowest BCUT2D eigenvalue weighted by Gasteiger charge is -2.31. The van der Waals surface area contributed by atoms with E-state index in [-0.39, 0.29) is 11.5 Å². The molecule has 7 heteroatoms. The summed E-state index contributed by atoms with van der Waals surface area (Å²) in [6, 6.07) is 17.1. The molecule has 1 aliphatic heterocycles. The maximum atomic E-state index is 12.3. The average Bonchev–Trinajstić information content (AvgIpc) is 2.71. The molecular weight excluding hydrogens is 384 g/mol. The summed E-state index contributed by atoms with van der Waals surface area (Å²) in [5.74, 6) is 0.00976. The molecule has 2 N–H and O–H groups in total. The van der Waals surface area contributed by atoms with Gasteiger partial charge in [0.1, 0.15) is 0 Å². The molecule has 0 atom stereocenters. The lowest BCUT2D eigenvalue weighted by molar-refractivity contribution is -0.117. The first-order valence-electron chi connectivity index (χ1n) is 9.67. The number of carbonyl (C=O) groups excluding carboxylic acids is 1. The van der Waals surface area contributed by atoms with Crippen LogP contribution in [0, 0.1) is 0 Å². The summed E-state index contributed by atoms with van der Waals surface area (Å²) in [7, 11) is 2.10. The number of carbonyl (C=O) groups is 1. The van der Waals surface area contributed by atoms with Crippen molar-refractivity contribution in [2.24, 2.45) is 0 Å². The molecule has 3 aromatic rings. The maximum Gasteiger partial charge on any atom is 0.249 e. The summed E-state index contributed by atoms with van der Waals surface area (Å²) in [6.45, 7) is 4.25. The van der Waals surface area contributed by atoms with Crippen LogP contribution in [0.2, 0.25) is 0 Å². The van der Waals surface area contributed by atoms with Gasteiger partial charge in [-0.05, 0) is 37.4 Å². The van der Waals surface area contributed by atoms with E-state index >= 15 is 0 Å². The van der Waals surface area contributed by atoms with Crippen LogP contribution in [0.4, 0.5) is 5.69 Å². The molecule has 4 rings (SSSR count). The number of rotatable bonds is 5. The quantitative estimate of drug-likeness (QED) is 0.680. The number of nitrogens with one attached hydrogen (secondary N) is 2. The zero-order valence-electron chi connectivity index (χ0n) is 16.4. The molecule has 0 unspecified atom stereocenters. The van der Waals surface area contributed by atoms with Gasteiger partial charge in [-0.1, -0.05) is 30.0 Å². The van der Waals surface area contributed by atoms with Crippen molar-refractivity contribution in [3.05, 3.63) is 65.0 Å². The van der Waals surface area contributed by atoms with Crippen molar-refractivity contribution in [1.29, 1.82) is 0 Å². The Morgan fingerprint density at radius 1 is 1.07 bits per heavy atom. The van der Waals surface area contributed by atoms with E-state index in [1.165, 1.54) is 0 Å². The van der Waals surface area contributed by atoms with Gasteiger partial charge in [-0.2, -0.15) is 0 Å². The number of likely N-dealkylation sites (N-methyl/N-ethyl adjacent to an activating group) is 1. The van der Waals surface area contributed by atoms with Gasteiger partial charge in [0.25, 0.3) is 0 Å². The number of benzene rings is 2. The van der Waals surface area contributed by atoms with E-state index in [1.54, 1.807) is 17.8 Å². The molecule has 0 bridgehead atoms. The van der Waals surface area contributed by atoms with Crippen molar-refractivity contribution in [3.63, 3.8) is 0 Å². The Morgan fingerprint density at radius 3 is 2.55 bits per heavy atom. The van der Waals surface area contributed by atoms with Crippen molar-refractivity contribution in [3.8, 4) is 0 Å². The predicted octanol–water partition coefficient (Wildman–Crippen LogP) is 2.87. The average molecular weight is 409 g/mol. The van der Waals surface area contributed by atoms with Gasteiger partial charge in [-0.15, -0.1) is 0 Å². The van der Waals surface area contributed by atoms with Crippen LogP contribution in [0.5, 0.6) is 0 Å². The minimum Gasteiger partial charge on any atom is -0.325 e. The highest BCUT2D eigenvalue weighted by molar-refractivity contribution is 7.99. The fourth-order valence-corrected chi connectivity index (χ4v) is 4.38. The maximum absolute atomic E-state index is 12.3. The van der Waals surface area contributed by atoms with Gasteiger partial charge >= 0.3 is 0 Å². The first-order valence-corrected chi connectivity index (χ1v) is 10.5. The number of nitrogens with zero attached hydrogens (tertiary/aromatic N) is 2. The number of piperazine rings is 1. The first kappa shape index (κ1) is 19.7. The largest absolute Gasteiger partial charge is 0.325 e. The highest BCUT2D eigenvalue weighted by Crippen LogP contribution is 2.32. The van der Waals surface area contributed by atoms with Crippen molar-refractivity contribution in [1.82, 2.24) is 14.8 Å². The fourth-order valence-electron chi connectivity index (χ4n) is 3.40. The van der Waals surface area contributed by atoms with Crippen molar-refractivity contribution in [2.45, 2.75) is 9.79 Å². The van der Waals surface area contributed by atoms with Gasteiger partial charge in [0.2, 0.25) is 11.5 Å². The van der Waals surface area contributed by atoms with Crippen molar-refractivity contribution >= 4 is 34.3 Å². The summed E-state index contributed by atoms with van der Waals surface area (Å²) in [5, 5.41) is 3.99. The molecule has 0 saturated carbocycles. The molecule has 29 heavy (non-hydrogen) atoms. The van der Waals surface area contributed by atoms with E-state index in [9.17, 15) is 9.59 Å². The molecule has 2 aromatic carbocycles. The number of hydrogen-bond donors (Lipinski definition) is 2. The molecule has 1 saturated heterocycles. The molecule has 0 aliphatic carbocycles. The summed E-state index contributed by atoms with van der Waals surface area (Å²) in [5.41, 5.74) is 1.50. The van der Waals surface area contributed by atoms with Gasteiger partial charge in [-0.3, -0.25) is 14.5 Å². The molecule has 1 aliphatic rings. The van der Waals surface area contributed by atoms with Crippen LogP contribution in [0.3, 0.4) is 0 Å². The Morgan fingerprint density at radius 2 is 1.79 bits per heavy atom. The van der Waals surface area contributed by atoms with Gasteiger partial charge < -0.3 is 15.2 Å². The van der Waals surface area contributed by atoms with Gasteiger partial charge in [-0.25, -0.2) is 0 Å². The van der Waals surface area contributed by atoms with Crippen LogP contribution in [0.1, 0.15) is 0 Å². The fraction of sp³-hybridized carbons (Fsp3) is 0.273. The lowest BCUT2D eigenvalue weighted by atomic mass is 10.2. The molecule has 1 aromatic heterocycles. The molecule has 0 radical (unpaired) electrons. The summed E-state index contributed by atoms with van der Waals surface area (Å²) >= 11 is 1.54. The third kappa shape index (κ3) is 5.06. The molecule has 150 valence electrons. The number of hydrogen-bond acceptors (Lipinski definition) is 5. The number of anilines is 1. The van der Waals surface area contributed by atoms with Crippen LogP contribution in [0.15, 0.2) is 69.2 Å². The number of fused-ring (bicyclic) bond motifs is 1. The SMILES string of the molecule is CN1CCN(CC(=O)Nc2ccc(Sc3cc(=O)[nH]c4ccccc34)cc2)CC1. The van der Waals surface area contributed by atoms with Gasteiger partial charge in [0, 0.05) is 58.6 Å². The van der Waals surface area contributed by atoms with Crippen molar-refractivity contribution < 1.29 is 4.79 Å². The monoisotopic (exact) mass is 408 g/mol. The molecule has 1 amide bonds.